The van der Waals surface area contributed by atoms with Gasteiger partial charge in [-0.25, -0.2) is 27.9 Å². The van der Waals surface area contributed by atoms with Gasteiger partial charge in [-0.15, -0.1) is 0 Å². The Labute approximate surface area is 85.0 Å². The third-order valence-corrected chi connectivity index (χ3v) is 3.10. The van der Waals surface area contributed by atoms with Gasteiger partial charge in [0.25, 0.3) is 0 Å². The van der Waals surface area contributed by atoms with Crippen LogP contribution in [0.2, 0.25) is 0 Å². The number of hydrogen-bond acceptors (Lipinski definition) is 5. The predicted molar refractivity (Wildman–Crippen MR) is 50.7 cm³/mol. The molecule has 0 unspecified atom stereocenters. The van der Waals surface area contributed by atoms with E-state index in [1.807, 2.05) is 0 Å². The van der Waals surface area contributed by atoms with Gasteiger partial charge in [-0.2, -0.15) is 0 Å². The number of halogens is 1. The van der Waals surface area contributed by atoms with Gasteiger partial charge < -0.3 is 0 Å². The molecule has 2 N–H and O–H groups in total. The lowest BCUT2D eigenvalue weighted by molar-refractivity contribution is 0.599. The number of hydrogen-bond donors (Lipinski definition) is 1. The fraction of sp³-hybridized carbons (Fsp3) is 0.333. The lowest BCUT2D eigenvalue weighted by Crippen LogP contribution is -2.17. The van der Waals surface area contributed by atoms with E-state index in [2.05, 4.69) is 9.97 Å². The van der Waals surface area contributed by atoms with Crippen LogP contribution in [0.1, 0.15) is 0 Å². The van der Waals surface area contributed by atoms with Crippen molar-refractivity contribution in [3.8, 4) is 0 Å². The van der Waals surface area contributed by atoms with E-state index >= 15 is 0 Å². The van der Waals surface area contributed by atoms with Gasteiger partial charge in [0.2, 0.25) is 10.0 Å². The molecular weight excluding hydrogens is 229 g/mol. The summed E-state index contributed by atoms with van der Waals surface area (Å²) in [4.78, 5) is 7.28. The average molecular weight is 237 g/mol. The van der Waals surface area contributed by atoms with Crippen molar-refractivity contribution < 1.29 is 12.8 Å². The maximum absolute atomic E-state index is 12.3. The minimum absolute atomic E-state index is 0.154. The zero-order chi connectivity index (χ0) is 10.6. The smallest absolute Gasteiger partial charge is 0.209 e. The Bertz CT molecular complexity index is 392. The lowest BCUT2D eigenvalue weighted by atomic mass is 10.7. The van der Waals surface area contributed by atoms with E-state index in [0.29, 0.717) is 5.16 Å². The molecule has 0 saturated heterocycles. The Morgan fingerprint density at radius 2 is 2.00 bits per heavy atom. The van der Waals surface area contributed by atoms with Crippen LogP contribution in [0, 0.1) is 5.82 Å². The van der Waals surface area contributed by atoms with Gasteiger partial charge in [-0.3, -0.25) is 0 Å². The highest BCUT2D eigenvalue weighted by Gasteiger charge is 2.04. The number of rotatable bonds is 4. The quantitative estimate of drug-likeness (QED) is 0.588. The fourth-order valence-electron chi connectivity index (χ4n) is 0.624. The fourth-order valence-corrected chi connectivity index (χ4v) is 2.32. The summed E-state index contributed by atoms with van der Waals surface area (Å²) in [6.45, 7) is 0. The summed E-state index contributed by atoms with van der Waals surface area (Å²) in [6, 6.07) is 0. The van der Waals surface area contributed by atoms with E-state index in [0.717, 1.165) is 24.2 Å². The summed E-state index contributed by atoms with van der Waals surface area (Å²) in [5.41, 5.74) is 0. The van der Waals surface area contributed by atoms with E-state index in [1.54, 1.807) is 0 Å². The zero-order valence-corrected chi connectivity index (χ0v) is 8.68. The topological polar surface area (TPSA) is 85.9 Å². The molecule has 0 atom stereocenters. The molecular formula is C6H8FN3O2S2. The Kier molecular flexibility index (Phi) is 3.78. The highest BCUT2D eigenvalue weighted by Crippen LogP contribution is 2.11. The standard InChI is InChI=1S/C6H8FN3O2S2/c7-5-3-9-6(10-4-5)13-1-2-14(8,11)12/h3-4H,1-2H2,(H2,8,11,12). The van der Waals surface area contributed by atoms with Gasteiger partial charge in [0.05, 0.1) is 18.1 Å². The molecule has 0 saturated carbocycles. The molecule has 0 bridgehead atoms. The highest BCUT2D eigenvalue weighted by molar-refractivity contribution is 8.00. The molecule has 78 valence electrons. The highest BCUT2D eigenvalue weighted by atomic mass is 32.2. The van der Waals surface area contributed by atoms with Crippen molar-refractivity contribution in [2.75, 3.05) is 11.5 Å². The molecule has 1 heterocycles. The number of nitrogens with two attached hydrogens (primary N) is 1. The van der Waals surface area contributed by atoms with Gasteiger partial charge in [0.15, 0.2) is 11.0 Å². The average Bonchev–Trinajstić information content (AvgIpc) is 2.06. The summed E-state index contributed by atoms with van der Waals surface area (Å²) in [5.74, 6) is -0.427. The van der Waals surface area contributed by atoms with Crippen LogP contribution in [0.3, 0.4) is 0 Å². The lowest BCUT2D eigenvalue weighted by Gasteiger charge is -1.97. The monoisotopic (exact) mass is 237 g/mol. The van der Waals surface area contributed by atoms with Gasteiger partial charge >= 0.3 is 0 Å². The first kappa shape index (κ1) is 11.3. The maximum atomic E-state index is 12.3. The second kappa shape index (κ2) is 4.67. The van der Waals surface area contributed by atoms with Crippen LogP contribution in [0.5, 0.6) is 0 Å². The summed E-state index contributed by atoms with van der Waals surface area (Å²) < 4.78 is 33.4. The number of thioether (sulfide) groups is 1. The molecule has 0 amide bonds. The number of primary sulfonamides is 1. The van der Waals surface area contributed by atoms with Crippen molar-refractivity contribution >= 4 is 21.8 Å². The first-order chi connectivity index (χ1) is 6.47. The van der Waals surface area contributed by atoms with Crippen molar-refractivity contribution in [2.45, 2.75) is 5.16 Å². The van der Waals surface area contributed by atoms with E-state index in [-0.39, 0.29) is 11.5 Å². The van der Waals surface area contributed by atoms with Crippen molar-refractivity contribution in [3.63, 3.8) is 0 Å². The van der Waals surface area contributed by atoms with Gasteiger partial charge in [-0.1, -0.05) is 11.8 Å². The second-order valence-electron chi connectivity index (χ2n) is 2.40. The zero-order valence-electron chi connectivity index (χ0n) is 7.05. The minimum atomic E-state index is -3.45. The van der Waals surface area contributed by atoms with Gasteiger partial charge in [0, 0.05) is 5.75 Å². The maximum Gasteiger partial charge on any atom is 0.209 e. The van der Waals surface area contributed by atoms with Crippen LogP contribution in [-0.4, -0.2) is 29.9 Å². The molecule has 0 aliphatic heterocycles. The molecule has 0 aliphatic carbocycles. The molecule has 0 radical (unpaired) electrons. The molecule has 8 heteroatoms. The molecule has 0 aromatic carbocycles. The summed E-state index contributed by atoms with van der Waals surface area (Å²) in [7, 11) is -3.45. The Morgan fingerprint density at radius 1 is 1.43 bits per heavy atom. The molecule has 0 spiro atoms. The van der Waals surface area contributed by atoms with Gasteiger partial charge in [0.1, 0.15) is 0 Å². The largest absolute Gasteiger partial charge is 0.229 e. The van der Waals surface area contributed by atoms with E-state index < -0.39 is 15.8 Å². The van der Waals surface area contributed by atoms with E-state index in [1.165, 1.54) is 0 Å². The molecule has 14 heavy (non-hydrogen) atoms. The van der Waals surface area contributed by atoms with Crippen LogP contribution in [0.15, 0.2) is 17.6 Å². The third kappa shape index (κ3) is 4.49. The third-order valence-electron chi connectivity index (χ3n) is 1.20. The normalized spacial score (nSPS) is 11.6. The molecule has 0 aliphatic rings. The van der Waals surface area contributed by atoms with Crippen molar-refractivity contribution in [1.29, 1.82) is 0 Å². The Balaban J connectivity index is 2.43. The Morgan fingerprint density at radius 3 is 2.50 bits per heavy atom. The number of aromatic nitrogens is 2. The first-order valence-corrected chi connectivity index (χ1v) is 6.28. The molecule has 0 fully saturated rings. The van der Waals surface area contributed by atoms with Crippen molar-refractivity contribution in [3.05, 3.63) is 18.2 Å². The van der Waals surface area contributed by atoms with E-state index in [4.69, 9.17) is 5.14 Å². The van der Waals surface area contributed by atoms with Crippen LogP contribution in [0.25, 0.3) is 0 Å². The predicted octanol–water partition coefficient (Wildman–Crippen LogP) is -0.00370. The van der Waals surface area contributed by atoms with Crippen LogP contribution >= 0.6 is 11.8 Å². The van der Waals surface area contributed by atoms with Crippen molar-refractivity contribution in [1.82, 2.24) is 9.97 Å². The van der Waals surface area contributed by atoms with E-state index in [9.17, 15) is 12.8 Å². The van der Waals surface area contributed by atoms with Crippen LogP contribution < -0.4 is 5.14 Å². The molecule has 1 rings (SSSR count). The summed E-state index contributed by atoms with van der Waals surface area (Å²) >= 11 is 1.11. The number of sulfonamides is 1. The number of nitrogens with zero attached hydrogens (tertiary/aromatic N) is 2. The summed E-state index contributed by atoms with van der Waals surface area (Å²) in [5, 5.41) is 5.11. The molecule has 1 aromatic heterocycles. The van der Waals surface area contributed by atoms with Crippen LogP contribution in [0.4, 0.5) is 4.39 Å². The summed E-state index contributed by atoms with van der Waals surface area (Å²) in [6.07, 6.45) is 2.04. The van der Waals surface area contributed by atoms with Gasteiger partial charge in [-0.05, 0) is 0 Å². The minimum Gasteiger partial charge on any atom is -0.229 e. The second-order valence-corrected chi connectivity index (χ2v) is 5.20. The molecule has 5 nitrogen and oxygen atoms in total. The molecule has 1 aromatic rings. The Hall–Kier alpha value is -0.730. The SMILES string of the molecule is NS(=O)(=O)CCSc1ncc(F)cn1. The van der Waals surface area contributed by atoms with Crippen LogP contribution in [-0.2, 0) is 10.0 Å². The first-order valence-electron chi connectivity index (χ1n) is 3.58. The van der Waals surface area contributed by atoms with Crippen molar-refractivity contribution in [2.24, 2.45) is 5.14 Å².